The molecule has 5 nitrogen and oxygen atoms in total. The van der Waals surface area contributed by atoms with Crippen LogP contribution in [0.15, 0.2) is 18.2 Å². The topological polar surface area (TPSA) is 56.2 Å². The number of aryl methyl sites for hydroxylation is 1. The van der Waals surface area contributed by atoms with E-state index in [1.165, 1.54) is 18.7 Å². The molecule has 2 aliphatic rings. The maximum atomic E-state index is 12.1. The number of hydrogen-bond acceptors (Lipinski definition) is 3. The van der Waals surface area contributed by atoms with Gasteiger partial charge in [0.25, 0.3) is 0 Å². The number of anilines is 1. The third kappa shape index (κ3) is 3.11. The number of carbonyl (C=O) groups excluding carboxylic acids is 1. The molecule has 1 aromatic carbocycles. The Kier molecular flexibility index (Phi) is 3.81. The monoisotopic (exact) mass is 313 g/mol. The van der Waals surface area contributed by atoms with Gasteiger partial charge in [0.2, 0.25) is 5.91 Å². The molecule has 2 fully saturated rings. The molecule has 0 radical (unpaired) electrons. The van der Waals surface area contributed by atoms with Crippen LogP contribution in [0.2, 0.25) is 0 Å². The van der Waals surface area contributed by atoms with Gasteiger partial charge >= 0.3 is 0 Å². The molecule has 0 spiro atoms. The van der Waals surface area contributed by atoms with Crippen molar-refractivity contribution in [3.63, 3.8) is 0 Å². The van der Waals surface area contributed by atoms with Gasteiger partial charge in [-0.3, -0.25) is 4.79 Å². The number of fused-ring (bicyclic) bond motifs is 1. The van der Waals surface area contributed by atoms with E-state index in [1.807, 2.05) is 18.2 Å². The zero-order valence-electron chi connectivity index (χ0n) is 13.5. The van der Waals surface area contributed by atoms with Crippen LogP contribution in [-0.2, 0) is 16.6 Å². The van der Waals surface area contributed by atoms with E-state index in [2.05, 4.69) is 16.9 Å². The van der Waals surface area contributed by atoms with Crippen molar-refractivity contribution < 1.29 is 9.53 Å². The summed E-state index contributed by atoms with van der Waals surface area (Å²) in [7, 11) is 2.07. The van der Waals surface area contributed by atoms with Crippen LogP contribution in [0.1, 0.15) is 50.3 Å². The molecule has 1 atom stereocenters. The molecule has 1 aromatic heterocycles. The lowest BCUT2D eigenvalue weighted by molar-refractivity contribution is -0.116. The maximum Gasteiger partial charge on any atom is 0.224 e. The molecule has 1 amide bonds. The molecule has 122 valence electrons. The molecule has 5 heteroatoms. The van der Waals surface area contributed by atoms with Crippen LogP contribution in [0.25, 0.3) is 11.0 Å². The van der Waals surface area contributed by atoms with Crippen LogP contribution in [-0.4, -0.2) is 28.2 Å². The third-order valence-corrected chi connectivity index (χ3v) is 4.86. The number of nitrogens with one attached hydrogen (secondary N) is 1. The van der Waals surface area contributed by atoms with Gasteiger partial charge in [-0.1, -0.05) is 0 Å². The highest BCUT2D eigenvalue weighted by molar-refractivity contribution is 5.93. The first-order valence-corrected chi connectivity index (χ1v) is 8.58. The summed E-state index contributed by atoms with van der Waals surface area (Å²) in [5.74, 6) is 1.84. The molecule has 23 heavy (non-hydrogen) atoms. The number of imidazole rings is 1. The molecule has 0 bridgehead atoms. The number of ether oxygens (including phenoxy) is 1. The van der Waals surface area contributed by atoms with Crippen LogP contribution in [0.4, 0.5) is 5.69 Å². The molecule has 1 aliphatic carbocycles. The van der Waals surface area contributed by atoms with E-state index < -0.39 is 0 Å². The van der Waals surface area contributed by atoms with Crippen molar-refractivity contribution in [3.8, 4) is 0 Å². The van der Waals surface area contributed by atoms with E-state index >= 15 is 0 Å². The number of carbonyl (C=O) groups is 1. The van der Waals surface area contributed by atoms with E-state index in [1.54, 1.807) is 0 Å². The van der Waals surface area contributed by atoms with Crippen molar-refractivity contribution in [3.05, 3.63) is 24.0 Å². The number of rotatable bonds is 5. The van der Waals surface area contributed by atoms with Gasteiger partial charge in [-0.15, -0.1) is 0 Å². The summed E-state index contributed by atoms with van der Waals surface area (Å²) in [6.45, 7) is 0.839. The zero-order chi connectivity index (χ0) is 15.8. The molecular weight excluding hydrogens is 290 g/mol. The van der Waals surface area contributed by atoms with Gasteiger partial charge in [0.05, 0.1) is 17.1 Å². The smallest absolute Gasteiger partial charge is 0.224 e. The van der Waals surface area contributed by atoms with Gasteiger partial charge in [-0.25, -0.2) is 4.98 Å². The Labute approximate surface area is 136 Å². The second-order valence-corrected chi connectivity index (χ2v) is 6.73. The molecule has 1 N–H and O–H groups in total. The molecule has 4 rings (SSSR count). The quantitative estimate of drug-likeness (QED) is 0.921. The molecule has 0 unspecified atom stereocenters. The molecule has 2 aromatic rings. The molecule has 1 saturated carbocycles. The Hall–Kier alpha value is -1.88. The van der Waals surface area contributed by atoms with Crippen molar-refractivity contribution in [2.45, 2.75) is 50.5 Å². The summed E-state index contributed by atoms with van der Waals surface area (Å²) in [5, 5.41) is 2.99. The first-order chi connectivity index (χ1) is 11.2. The lowest BCUT2D eigenvalue weighted by Crippen LogP contribution is -2.15. The van der Waals surface area contributed by atoms with Gasteiger partial charge in [0, 0.05) is 31.7 Å². The van der Waals surface area contributed by atoms with E-state index in [9.17, 15) is 4.79 Å². The van der Waals surface area contributed by atoms with Crippen LogP contribution < -0.4 is 5.32 Å². The number of aromatic nitrogens is 2. The van der Waals surface area contributed by atoms with Crippen LogP contribution in [0.5, 0.6) is 0 Å². The minimum atomic E-state index is 0.0539. The lowest BCUT2D eigenvalue weighted by Gasteiger charge is -2.09. The SMILES string of the molecule is Cn1c(C2CC2)nc2cc(NC(=O)CC[C@@H]3CCCO3)ccc21. The molecule has 2 heterocycles. The average molecular weight is 313 g/mol. The van der Waals surface area contributed by atoms with Gasteiger partial charge in [0.1, 0.15) is 5.82 Å². The Bertz CT molecular complexity index is 727. The lowest BCUT2D eigenvalue weighted by atomic mass is 10.1. The summed E-state index contributed by atoms with van der Waals surface area (Å²) in [6.07, 6.45) is 6.26. The van der Waals surface area contributed by atoms with Crippen molar-refractivity contribution in [1.82, 2.24) is 9.55 Å². The maximum absolute atomic E-state index is 12.1. The minimum absolute atomic E-state index is 0.0539. The highest BCUT2D eigenvalue weighted by Gasteiger charge is 2.28. The van der Waals surface area contributed by atoms with Gasteiger partial charge in [0.15, 0.2) is 0 Å². The first-order valence-electron chi connectivity index (χ1n) is 8.58. The standard InChI is InChI=1S/C18H23N3O2/c1-21-16-8-6-13(11-15(16)20-18(21)12-4-5-12)19-17(22)9-7-14-3-2-10-23-14/h6,8,11-12,14H,2-5,7,9-10H2,1H3,(H,19,22)/t14-/m0/s1. The second-order valence-electron chi connectivity index (χ2n) is 6.73. The molecule has 1 saturated heterocycles. The zero-order valence-corrected chi connectivity index (χ0v) is 13.5. The Morgan fingerprint density at radius 1 is 1.39 bits per heavy atom. The number of benzene rings is 1. The van der Waals surface area contributed by atoms with Crippen molar-refractivity contribution in [1.29, 1.82) is 0 Å². The van der Waals surface area contributed by atoms with E-state index in [-0.39, 0.29) is 12.0 Å². The highest BCUT2D eigenvalue weighted by Crippen LogP contribution is 2.40. The van der Waals surface area contributed by atoms with E-state index in [4.69, 9.17) is 9.72 Å². The summed E-state index contributed by atoms with van der Waals surface area (Å²) in [5.41, 5.74) is 2.92. The Morgan fingerprint density at radius 2 is 2.26 bits per heavy atom. The average Bonchev–Trinajstić information content (AvgIpc) is 3.14. The molecule has 1 aliphatic heterocycles. The largest absolute Gasteiger partial charge is 0.378 e. The van der Waals surface area contributed by atoms with Crippen molar-refractivity contribution in [2.75, 3.05) is 11.9 Å². The van der Waals surface area contributed by atoms with E-state index in [0.717, 1.165) is 42.6 Å². The van der Waals surface area contributed by atoms with Gasteiger partial charge < -0.3 is 14.6 Å². The number of nitrogens with zero attached hydrogens (tertiary/aromatic N) is 2. The summed E-state index contributed by atoms with van der Waals surface area (Å²) in [4.78, 5) is 16.8. The Balaban J connectivity index is 1.43. The van der Waals surface area contributed by atoms with Gasteiger partial charge in [-0.2, -0.15) is 0 Å². The second kappa shape index (κ2) is 5.96. The number of hydrogen-bond donors (Lipinski definition) is 1. The highest BCUT2D eigenvalue weighted by atomic mass is 16.5. The predicted octanol–water partition coefficient (Wildman–Crippen LogP) is 3.35. The summed E-state index contributed by atoms with van der Waals surface area (Å²) >= 11 is 0. The van der Waals surface area contributed by atoms with Crippen molar-refractivity contribution >= 4 is 22.6 Å². The first kappa shape index (κ1) is 14.7. The van der Waals surface area contributed by atoms with E-state index in [0.29, 0.717) is 12.3 Å². The van der Waals surface area contributed by atoms with Crippen LogP contribution >= 0.6 is 0 Å². The fourth-order valence-corrected chi connectivity index (χ4v) is 3.39. The number of amides is 1. The molecular formula is C18H23N3O2. The fourth-order valence-electron chi connectivity index (χ4n) is 3.39. The minimum Gasteiger partial charge on any atom is -0.378 e. The van der Waals surface area contributed by atoms with Crippen LogP contribution in [0.3, 0.4) is 0 Å². The van der Waals surface area contributed by atoms with Crippen molar-refractivity contribution in [2.24, 2.45) is 7.05 Å². The Morgan fingerprint density at radius 3 is 3.00 bits per heavy atom. The summed E-state index contributed by atoms with van der Waals surface area (Å²) in [6, 6.07) is 5.99. The fraction of sp³-hybridized carbons (Fsp3) is 0.556. The normalized spacial score (nSPS) is 21.0. The van der Waals surface area contributed by atoms with Crippen LogP contribution in [0, 0.1) is 0 Å². The predicted molar refractivity (Wildman–Crippen MR) is 89.5 cm³/mol. The summed E-state index contributed by atoms with van der Waals surface area (Å²) < 4.78 is 7.74. The third-order valence-electron chi connectivity index (χ3n) is 4.86. The van der Waals surface area contributed by atoms with Gasteiger partial charge in [-0.05, 0) is 50.3 Å².